The molecule has 216 valence electrons. The van der Waals surface area contributed by atoms with E-state index in [0.29, 0.717) is 7.35 Å². The molecule has 3 aliphatic rings. The standard InChI is InChI=1S/C41H34.2CH3.Hf/c1-28-13-7-9-19-35(28)37-21-11-17-31-23-33(25-39(31)37)41(3,27-30-15-5-4-6-16-30)34-24-32-18-12-22-38(40(32)26-34)36-20-10-8-14-29(36)2;;;/h4-26H,27H2,1-3H3;2*1H3;. The van der Waals surface area contributed by atoms with Gasteiger partial charge in [0.25, 0.3) is 0 Å². The van der Waals surface area contributed by atoms with Gasteiger partial charge in [-0.05, 0) is 0 Å². The maximum absolute atomic E-state index is 3.15. The summed E-state index contributed by atoms with van der Waals surface area (Å²) in [4.78, 5) is 0. The molecule has 44 heavy (non-hydrogen) atoms. The van der Waals surface area contributed by atoms with Crippen LogP contribution in [-0.2, 0) is 26.4 Å². The second-order valence-electron chi connectivity index (χ2n) is 14.1. The van der Waals surface area contributed by atoms with Gasteiger partial charge in [-0.3, -0.25) is 0 Å². The zero-order chi connectivity index (χ0) is 30.2. The van der Waals surface area contributed by atoms with Crippen molar-refractivity contribution in [3.05, 3.63) is 165 Å². The number of aryl methyl sites for hydroxylation is 2. The first-order chi connectivity index (χ1) is 21.3. The Hall–Kier alpha value is -3.55. The van der Waals surface area contributed by atoms with E-state index < -0.39 is 20.0 Å². The molecule has 5 aromatic carbocycles. The van der Waals surface area contributed by atoms with Gasteiger partial charge in [-0.25, -0.2) is 0 Å². The molecule has 2 aliphatic carbocycles. The molecule has 0 N–H and O–H groups in total. The summed E-state index contributed by atoms with van der Waals surface area (Å²) in [6, 6.07) is 43.4. The van der Waals surface area contributed by atoms with Gasteiger partial charge in [0, 0.05) is 0 Å². The Morgan fingerprint density at radius 1 is 0.523 bits per heavy atom. The van der Waals surface area contributed by atoms with E-state index in [1.807, 2.05) is 0 Å². The zero-order valence-corrected chi connectivity index (χ0v) is 30.1. The summed E-state index contributed by atoms with van der Waals surface area (Å²) in [7, 11) is 0. The summed E-state index contributed by atoms with van der Waals surface area (Å²) < 4.78 is 6.64. The molecule has 1 heteroatoms. The summed E-state index contributed by atoms with van der Waals surface area (Å²) in [5.41, 5.74) is 19.1. The van der Waals surface area contributed by atoms with Gasteiger partial charge in [-0.2, -0.15) is 0 Å². The van der Waals surface area contributed by atoms with Crippen molar-refractivity contribution in [1.29, 1.82) is 0 Å². The van der Waals surface area contributed by atoms with Crippen LogP contribution in [0.3, 0.4) is 0 Å². The number of rotatable bonds is 4. The van der Waals surface area contributed by atoms with Crippen molar-refractivity contribution in [2.45, 2.75) is 43.9 Å². The Labute approximate surface area is 267 Å². The summed E-state index contributed by atoms with van der Waals surface area (Å²) in [6.45, 7) is 7.09. The van der Waals surface area contributed by atoms with Crippen molar-refractivity contribution < 1.29 is 20.0 Å². The van der Waals surface area contributed by atoms with E-state index >= 15 is 0 Å². The molecule has 0 saturated carbocycles. The van der Waals surface area contributed by atoms with E-state index in [4.69, 9.17) is 0 Å². The first kappa shape index (κ1) is 28.0. The fourth-order valence-electron chi connectivity index (χ4n) is 9.12. The van der Waals surface area contributed by atoms with Gasteiger partial charge < -0.3 is 0 Å². The quantitative estimate of drug-likeness (QED) is 0.161. The Balaban J connectivity index is 1.39. The van der Waals surface area contributed by atoms with Crippen LogP contribution in [0.15, 0.2) is 126 Å². The van der Waals surface area contributed by atoms with E-state index in [1.54, 1.807) is 22.3 Å². The Morgan fingerprint density at radius 3 is 1.43 bits per heavy atom. The van der Waals surface area contributed by atoms with Gasteiger partial charge in [0.05, 0.1) is 0 Å². The molecule has 0 aromatic heterocycles. The topological polar surface area (TPSA) is 0 Å². The Bertz CT molecular complexity index is 1880. The molecule has 5 aromatic rings. The minimum atomic E-state index is -3.15. The molecule has 0 bridgehead atoms. The van der Waals surface area contributed by atoms with Gasteiger partial charge in [-0.1, -0.05) is 0 Å². The average Bonchev–Trinajstić information content (AvgIpc) is 3.64. The fraction of sp³-hybridized carbons (Fsp3) is 0.209. The fourth-order valence-corrected chi connectivity index (χ4v) is 26.5. The molecule has 1 fully saturated rings. The van der Waals surface area contributed by atoms with Crippen molar-refractivity contribution in [2.24, 2.45) is 5.41 Å². The SMILES string of the molecule is Cc1ccccc1-c1cccc2c1C=C1[CH]2[Hf]([CH3])([CH3])[CH]2C(=Cc3c(-c4ccccc4C)cccc32)C1(C)Cc1ccccc1. The van der Waals surface area contributed by atoms with Crippen LogP contribution in [0.4, 0.5) is 0 Å². The summed E-state index contributed by atoms with van der Waals surface area (Å²) >= 11 is -3.15. The van der Waals surface area contributed by atoms with E-state index in [2.05, 4.69) is 158 Å². The maximum atomic E-state index is 2.76. The third kappa shape index (κ3) is 4.05. The summed E-state index contributed by atoms with van der Waals surface area (Å²) in [6.07, 6.45) is 6.35. The van der Waals surface area contributed by atoms with Gasteiger partial charge in [0.1, 0.15) is 0 Å². The van der Waals surface area contributed by atoms with Crippen molar-refractivity contribution in [3.63, 3.8) is 0 Å². The van der Waals surface area contributed by atoms with Crippen molar-refractivity contribution >= 4 is 12.2 Å². The molecule has 1 aliphatic heterocycles. The number of allylic oxidation sites excluding steroid dienone is 2. The minimum absolute atomic E-state index is 0.0593. The molecular formula is C43H40Hf. The Kier molecular flexibility index (Phi) is 6.51. The predicted octanol–water partition coefficient (Wildman–Crippen LogP) is 11.7. The van der Waals surface area contributed by atoms with Crippen LogP contribution in [0.2, 0.25) is 9.36 Å². The molecule has 0 radical (unpaired) electrons. The van der Waals surface area contributed by atoms with Crippen LogP contribution in [0.5, 0.6) is 0 Å². The van der Waals surface area contributed by atoms with Crippen molar-refractivity contribution in [2.75, 3.05) is 0 Å². The van der Waals surface area contributed by atoms with E-state index in [0.717, 1.165) is 6.42 Å². The average molecular weight is 735 g/mol. The first-order valence-corrected chi connectivity index (χ1v) is 27.5. The number of hydrogen-bond donors (Lipinski definition) is 0. The number of benzene rings is 5. The second kappa shape index (κ2) is 10.2. The van der Waals surface area contributed by atoms with E-state index in [1.165, 1.54) is 50.1 Å². The monoisotopic (exact) mass is 736 g/mol. The molecule has 0 amide bonds. The molecule has 2 atom stereocenters. The van der Waals surface area contributed by atoms with Crippen LogP contribution in [0, 0.1) is 19.3 Å². The second-order valence-corrected chi connectivity index (χ2v) is 31.4. The van der Waals surface area contributed by atoms with Crippen molar-refractivity contribution in [3.8, 4) is 22.3 Å². The predicted molar refractivity (Wildman–Crippen MR) is 185 cm³/mol. The molecule has 0 nitrogen and oxygen atoms in total. The van der Waals surface area contributed by atoms with E-state index in [-0.39, 0.29) is 5.41 Å². The third-order valence-electron chi connectivity index (χ3n) is 11.2. The first-order valence-electron chi connectivity index (χ1n) is 16.1. The molecular weight excluding hydrogens is 695 g/mol. The zero-order valence-electron chi connectivity index (χ0n) is 26.5. The normalized spacial score (nSPS) is 22.4. The molecule has 0 spiro atoms. The summed E-state index contributed by atoms with van der Waals surface area (Å²) in [5, 5.41) is 0. The number of hydrogen-bond acceptors (Lipinski definition) is 0. The molecule has 1 saturated heterocycles. The van der Waals surface area contributed by atoms with E-state index in [9.17, 15) is 0 Å². The van der Waals surface area contributed by atoms with Gasteiger partial charge in [-0.15, -0.1) is 0 Å². The van der Waals surface area contributed by atoms with Gasteiger partial charge in [0.15, 0.2) is 0 Å². The van der Waals surface area contributed by atoms with Crippen molar-refractivity contribution in [1.82, 2.24) is 0 Å². The van der Waals surface area contributed by atoms with Crippen LogP contribution in [0.25, 0.3) is 34.4 Å². The molecule has 8 rings (SSSR count). The van der Waals surface area contributed by atoms with Crippen LogP contribution in [0.1, 0.15) is 53.2 Å². The Morgan fingerprint density at radius 2 is 0.955 bits per heavy atom. The van der Waals surface area contributed by atoms with Crippen LogP contribution >= 0.6 is 0 Å². The molecule has 2 unspecified atom stereocenters. The van der Waals surface area contributed by atoms with Crippen LogP contribution in [-0.4, -0.2) is 0 Å². The molecule has 1 heterocycles. The summed E-state index contributed by atoms with van der Waals surface area (Å²) in [5.74, 6) is 0. The third-order valence-corrected chi connectivity index (χ3v) is 26.3. The van der Waals surface area contributed by atoms with Gasteiger partial charge in [0.2, 0.25) is 0 Å². The van der Waals surface area contributed by atoms with Crippen LogP contribution < -0.4 is 0 Å². The number of fused-ring (bicyclic) bond motifs is 6. The van der Waals surface area contributed by atoms with Gasteiger partial charge >= 0.3 is 269 Å².